The van der Waals surface area contributed by atoms with E-state index in [4.69, 9.17) is 25.8 Å². The quantitative estimate of drug-likeness (QED) is 0.256. The van der Waals surface area contributed by atoms with Crippen LogP contribution in [0.2, 0.25) is 5.02 Å². The van der Waals surface area contributed by atoms with Gasteiger partial charge < -0.3 is 23.9 Å². The van der Waals surface area contributed by atoms with E-state index in [1.165, 1.54) is 12.3 Å². The Kier molecular flexibility index (Phi) is 9.19. The number of aliphatic hydroxyl groups excluding tert-OH is 1. The number of nitrogens with zero attached hydrogens (tertiary/aromatic N) is 1. The van der Waals surface area contributed by atoms with Crippen LogP contribution in [0.25, 0.3) is 11.3 Å². The predicted octanol–water partition coefficient (Wildman–Crippen LogP) is 5.50. The highest BCUT2D eigenvalue weighted by atomic mass is 35.5. The van der Waals surface area contributed by atoms with Crippen LogP contribution in [0.1, 0.15) is 28.4 Å². The average Bonchev–Trinajstić information content (AvgIpc) is 2.93. The van der Waals surface area contributed by atoms with Gasteiger partial charge in [-0.1, -0.05) is 72.3 Å². The summed E-state index contributed by atoms with van der Waals surface area (Å²) >= 11 is 6.64. The first-order valence-electron chi connectivity index (χ1n) is 12.2. The van der Waals surface area contributed by atoms with Gasteiger partial charge >= 0.3 is 5.97 Å². The zero-order valence-electron chi connectivity index (χ0n) is 20.9. The molecule has 0 aliphatic heterocycles. The van der Waals surface area contributed by atoms with Crippen LogP contribution >= 0.6 is 11.6 Å². The Bertz CT molecular complexity index is 1440. The minimum Gasteiger partial charge on any atom is -0.488 e. The number of carbonyl (C=O) groups excluding carboxylic acids is 1. The van der Waals surface area contributed by atoms with Crippen LogP contribution in [0.5, 0.6) is 11.5 Å². The number of benzene rings is 3. The maximum atomic E-state index is 12.9. The minimum atomic E-state index is -0.723. The number of aromatic nitrogens is 1. The fourth-order valence-corrected chi connectivity index (χ4v) is 4.11. The Morgan fingerprint density at radius 1 is 0.895 bits per heavy atom. The molecular weight excluding hydrogens is 506 g/mol. The average molecular weight is 534 g/mol. The lowest BCUT2D eigenvalue weighted by molar-refractivity contribution is 0.0523. The van der Waals surface area contributed by atoms with Gasteiger partial charge in [-0.2, -0.15) is 0 Å². The van der Waals surface area contributed by atoms with Gasteiger partial charge in [0.1, 0.15) is 30.3 Å². The summed E-state index contributed by atoms with van der Waals surface area (Å²) in [6, 6.07) is 24.0. The summed E-state index contributed by atoms with van der Waals surface area (Å²) in [6.45, 7) is 2.28. The van der Waals surface area contributed by atoms with Gasteiger partial charge in [0.05, 0.1) is 23.9 Å². The maximum absolute atomic E-state index is 12.9. The molecule has 0 aliphatic rings. The van der Waals surface area contributed by atoms with Crippen molar-refractivity contribution in [2.24, 2.45) is 0 Å². The Morgan fingerprint density at radius 3 is 2.08 bits per heavy atom. The first kappa shape index (κ1) is 27.0. The molecule has 38 heavy (non-hydrogen) atoms. The lowest BCUT2D eigenvalue weighted by Crippen LogP contribution is -2.21. The minimum absolute atomic E-state index is 0.121. The number of pyridine rings is 1. The van der Waals surface area contributed by atoms with Crippen molar-refractivity contribution < 1.29 is 24.1 Å². The van der Waals surface area contributed by atoms with Gasteiger partial charge in [-0.05, 0) is 24.1 Å². The Morgan fingerprint density at radius 2 is 1.50 bits per heavy atom. The molecule has 1 aromatic heterocycles. The lowest BCUT2D eigenvalue weighted by atomic mass is 10.1. The number of aliphatic hydroxyl groups is 1. The number of rotatable bonds is 11. The first-order valence-corrected chi connectivity index (χ1v) is 12.6. The molecule has 0 amide bonds. The van der Waals surface area contributed by atoms with Gasteiger partial charge in [-0.3, -0.25) is 4.79 Å². The summed E-state index contributed by atoms with van der Waals surface area (Å²) in [5.41, 5.74) is 2.24. The van der Waals surface area contributed by atoms with Gasteiger partial charge in [0.25, 0.3) is 0 Å². The summed E-state index contributed by atoms with van der Waals surface area (Å²) in [6.07, 6.45) is 1.39. The zero-order valence-corrected chi connectivity index (χ0v) is 21.7. The second-order valence-corrected chi connectivity index (χ2v) is 8.81. The van der Waals surface area contributed by atoms with E-state index in [-0.39, 0.29) is 31.9 Å². The Balaban J connectivity index is 1.77. The molecule has 7 nitrogen and oxygen atoms in total. The number of carbonyl (C=O) groups is 1. The third-order valence-electron chi connectivity index (χ3n) is 5.75. The highest BCUT2D eigenvalue weighted by molar-refractivity contribution is 6.32. The van der Waals surface area contributed by atoms with Crippen molar-refractivity contribution in [2.45, 2.75) is 26.7 Å². The normalized spacial score (nSPS) is 10.7. The smallest absolute Gasteiger partial charge is 0.343 e. The van der Waals surface area contributed by atoms with Crippen LogP contribution in [0.4, 0.5) is 0 Å². The number of esters is 1. The molecule has 0 saturated heterocycles. The largest absolute Gasteiger partial charge is 0.488 e. The van der Waals surface area contributed by atoms with Gasteiger partial charge in [-0.25, -0.2) is 4.79 Å². The van der Waals surface area contributed by atoms with Gasteiger partial charge in [-0.15, -0.1) is 0 Å². The van der Waals surface area contributed by atoms with E-state index in [1.807, 2.05) is 60.7 Å². The first-order chi connectivity index (χ1) is 18.5. The molecule has 196 valence electrons. The molecule has 8 heteroatoms. The molecule has 4 aromatic rings. The van der Waals surface area contributed by atoms with Crippen LogP contribution in [-0.2, 0) is 24.5 Å². The van der Waals surface area contributed by atoms with Crippen molar-refractivity contribution in [1.29, 1.82) is 0 Å². The summed E-state index contributed by atoms with van der Waals surface area (Å²) in [5.74, 6) is 0.122. The molecule has 0 atom stereocenters. The van der Waals surface area contributed by atoms with E-state index < -0.39 is 11.4 Å². The third-order valence-corrected chi connectivity index (χ3v) is 6.04. The zero-order chi connectivity index (χ0) is 26.9. The highest BCUT2D eigenvalue weighted by Crippen LogP contribution is 2.39. The topological polar surface area (TPSA) is 87.0 Å². The maximum Gasteiger partial charge on any atom is 0.343 e. The second kappa shape index (κ2) is 12.9. The van der Waals surface area contributed by atoms with Gasteiger partial charge in [0.15, 0.2) is 5.43 Å². The van der Waals surface area contributed by atoms with Crippen LogP contribution in [0.15, 0.2) is 89.9 Å². The van der Waals surface area contributed by atoms with Crippen LogP contribution in [0.3, 0.4) is 0 Å². The van der Waals surface area contributed by atoms with Crippen molar-refractivity contribution in [3.05, 3.63) is 117 Å². The summed E-state index contributed by atoms with van der Waals surface area (Å²) in [7, 11) is 0. The van der Waals surface area contributed by atoms with Gasteiger partial charge in [0, 0.05) is 30.4 Å². The molecule has 3 aromatic carbocycles. The van der Waals surface area contributed by atoms with E-state index in [2.05, 4.69) is 0 Å². The Labute approximate surface area is 225 Å². The second-order valence-electron chi connectivity index (χ2n) is 8.40. The molecule has 4 rings (SSSR count). The molecule has 1 N–H and O–H groups in total. The molecule has 0 unspecified atom stereocenters. The van der Waals surface area contributed by atoms with Crippen LogP contribution < -0.4 is 14.9 Å². The molecular formula is C30H28ClNO6. The molecule has 0 fully saturated rings. The van der Waals surface area contributed by atoms with E-state index >= 15 is 0 Å². The fourth-order valence-electron chi connectivity index (χ4n) is 3.90. The SMILES string of the molecule is CCOC(=O)c1cn(CCO)c(-c2cc(Cl)c(OCc3ccccc3)cc2OCc2ccccc2)cc1=O. The van der Waals surface area contributed by atoms with Crippen LogP contribution in [0, 0.1) is 0 Å². The van der Waals surface area contributed by atoms with E-state index in [0.717, 1.165) is 11.1 Å². The Hall–Kier alpha value is -4.07. The molecule has 1 heterocycles. The summed E-state index contributed by atoms with van der Waals surface area (Å²) < 4.78 is 18.8. The number of hydrogen-bond donors (Lipinski definition) is 1. The number of ether oxygens (including phenoxy) is 3. The van der Waals surface area contributed by atoms with Crippen molar-refractivity contribution >= 4 is 17.6 Å². The fraction of sp³-hybridized carbons (Fsp3) is 0.200. The van der Waals surface area contributed by atoms with Gasteiger partial charge in [0.2, 0.25) is 0 Å². The lowest BCUT2D eigenvalue weighted by Gasteiger charge is -2.19. The molecule has 0 radical (unpaired) electrons. The van der Waals surface area contributed by atoms with E-state index in [0.29, 0.717) is 34.4 Å². The standard InChI is InChI=1S/C30H28ClNO6/c1-2-36-30(35)24-18-32(13-14-33)26(16-27(24)34)23-15-25(31)29(38-20-22-11-7-4-8-12-22)17-28(23)37-19-21-9-5-3-6-10-21/h3-12,15-18,33H,2,13-14,19-20H2,1H3. The summed E-state index contributed by atoms with van der Waals surface area (Å²) in [5, 5.41) is 10.0. The van der Waals surface area contributed by atoms with Crippen molar-refractivity contribution in [3.63, 3.8) is 0 Å². The predicted molar refractivity (Wildman–Crippen MR) is 146 cm³/mol. The number of hydrogen-bond acceptors (Lipinski definition) is 6. The van der Waals surface area contributed by atoms with E-state index in [9.17, 15) is 14.7 Å². The summed E-state index contributed by atoms with van der Waals surface area (Å²) in [4.78, 5) is 25.2. The highest BCUT2D eigenvalue weighted by Gasteiger charge is 2.20. The van der Waals surface area contributed by atoms with Crippen molar-refractivity contribution in [1.82, 2.24) is 4.57 Å². The van der Waals surface area contributed by atoms with Crippen LogP contribution in [-0.4, -0.2) is 28.9 Å². The third kappa shape index (κ3) is 6.62. The monoisotopic (exact) mass is 533 g/mol. The van der Waals surface area contributed by atoms with Crippen molar-refractivity contribution in [2.75, 3.05) is 13.2 Å². The van der Waals surface area contributed by atoms with E-state index in [1.54, 1.807) is 23.6 Å². The molecule has 0 saturated carbocycles. The molecule has 0 bridgehead atoms. The van der Waals surface area contributed by atoms with Crippen molar-refractivity contribution in [3.8, 4) is 22.8 Å². The molecule has 0 spiro atoms. The number of halogens is 1. The molecule has 0 aliphatic carbocycles.